The molecule has 0 saturated heterocycles. The molecular formula is C39H51N3O7. The van der Waals surface area contributed by atoms with Gasteiger partial charge in [-0.25, -0.2) is 9.59 Å². The molecule has 4 atom stereocenters. The zero-order chi connectivity index (χ0) is 36.4. The Morgan fingerprint density at radius 2 is 1.27 bits per heavy atom. The SMILES string of the molecule is CCC(C)N(C(=O)C(Cc1ccccc1)NC(=O)OC(C)(C)C)C(C(=O)NC(Cc1ccccc1)C(=O)OC(C)(C)C)c1cccc(O)c1. The van der Waals surface area contributed by atoms with Crippen LogP contribution in [-0.4, -0.2) is 63.2 Å². The molecule has 3 aromatic carbocycles. The minimum atomic E-state index is -1.30. The van der Waals surface area contributed by atoms with E-state index in [-0.39, 0.29) is 18.6 Å². The van der Waals surface area contributed by atoms with Crippen LogP contribution in [0.5, 0.6) is 5.75 Å². The van der Waals surface area contributed by atoms with Crippen molar-refractivity contribution in [1.82, 2.24) is 15.5 Å². The van der Waals surface area contributed by atoms with Crippen molar-refractivity contribution in [2.75, 3.05) is 0 Å². The lowest BCUT2D eigenvalue weighted by Crippen LogP contribution is -2.57. The highest BCUT2D eigenvalue weighted by Gasteiger charge is 2.40. The summed E-state index contributed by atoms with van der Waals surface area (Å²) in [4.78, 5) is 57.4. The average molecular weight is 674 g/mol. The maximum Gasteiger partial charge on any atom is 0.408 e. The number of hydrogen-bond acceptors (Lipinski definition) is 7. The first kappa shape index (κ1) is 38.6. The van der Waals surface area contributed by atoms with Crippen molar-refractivity contribution in [3.05, 3.63) is 102 Å². The molecule has 3 aromatic rings. The van der Waals surface area contributed by atoms with E-state index in [1.165, 1.54) is 17.0 Å². The largest absolute Gasteiger partial charge is 0.508 e. The number of hydrogen-bond donors (Lipinski definition) is 3. The molecule has 10 heteroatoms. The van der Waals surface area contributed by atoms with Gasteiger partial charge in [-0.2, -0.15) is 0 Å². The van der Waals surface area contributed by atoms with Crippen LogP contribution in [0.15, 0.2) is 84.9 Å². The summed E-state index contributed by atoms with van der Waals surface area (Å²) >= 11 is 0. The quantitative estimate of drug-likeness (QED) is 0.182. The second-order valence-electron chi connectivity index (χ2n) is 14.2. The molecule has 4 unspecified atom stereocenters. The first-order chi connectivity index (χ1) is 23.0. The highest BCUT2D eigenvalue weighted by Crippen LogP contribution is 2.29. The van der Waals surface area contributed by atoms with Crippen molar-refractivity contribution < 1.29 is 33.8 Å². The number of ether oxygens (including phenoxy) is 2. The van der Waals surface area contributed by atoms with Gasteiger partial charge in [0.25, 0.3) is 0 Å². The number of aromatic hydroxyl groups is 1. The predicted octanol–water partition coefficient (Wildman–Crippen LogP) is 6.27. The van der Waals surface area contributed by atoms with Crippen LogP contribution in [-0.2, 0) is 36.7 Å². The molecule has 0 spiro atoms. The van der Waals surface area contributed by atoms with Crippen molar-refractivity contribution in [2.45, 2.75) is 110 Å². The van der Waals surface area contributed by atoms with Crippen molar-refractivity contribution in [1.29, 1.82) is 0 Å². The summed E-state index contributed by atoms with van der Waals surface area (Å²) in [5.74, 6) is -1.92. The Kier molecular flexibility index (Phi) is 13.4. The summed E-state index contributed by atoms with van der Waals surface area (Å²) < 4.78 is 11.2. The number of phenolic OH excluding ortho intramolecular Hbond substituents is 1. The van der Waals surface area contributed by atoms with Gasteiger partial charge in [0.15, 0.2) is 0 Å². The van der Waals surface area contributed by atoms with E-state index >= 15 is 0 Å². The molecule has 3 amide bonds. The van der Waals surface area contributed by atoms with Crippen LogP contribution in [0.4, 0.5) is 4.79 Å². The Balaban J connectivity index is 2.12. The van der Waals surface area contributed by atoms with E-state index in [4.69, 9.17) is 9.47 Å². The maximum atomic E-state index is 14.8. The fourth-order valence-electron chi connectivity index (χ4n) is 5.28. The number of nitrogens with one attached hydrogen (secondary N) is 2. The van der Waals surface area contributed by atoms with Crippen LogP contribution in [0.1, 0.15) is 84.5 Å². The minimum absolute atomic E-state index is 0.104. The van der Waals surface area contributed by atoms with E-state index in [0.717, 1.165) is 11.1 Å². The third-order valence-electron chi connectivity index (χ3n) is 7.59. The number of rotatable bonds is 13. The van der Waals surface area contributed by atoms with E-state index in [9.17, 15) is 24.3 Å². The zero-order valence-corrected chi connectivity index (χ0v) is 29.9. The Labute approximate surface area is 290 Å². The van der Waals surface area contributed by atoms with Gasteiger partial charge >= 0.3 is 12.1 Å². The molecule has 0 saturated carbocycles. The zero-order valence-electron chi connectivity index (χ0n) is 29.9. The van der Waals surface area contributed by atoms with Crippen LogP contribution < -0.4 is 10.6 Å². The molecule has 3 N–H and O–H groups in total. The standard InChI is InChI=1S/C39H51N3O7/c1-9-26(2)42(35(45)31(23-27-17-12-10-13-18-27)41-37(47)49-39(6,7)8)33(29-21-16-22-30(43)25-29)34(44)40-32(36(46)48-38(3,4)5)24-28-19-14-11-15-20-28/h10-22,25-26,31-33,43H,9,23-24H2,1-8H3,(H,40,44)(H,41,47). The number of esters is 1. The molecule has 0 heterocycles. The van der Waals surface area contributed by atoms with Gasteiger partial charge in [0.1, 0.15) is 35.1 Å². The van der Waals surface area contributed by atoms with Crippen LogP contribution in [0.3, 0.4) is 0 Å². The van der Waals surface area contributed by atoms with E-state index in [0.29, 0.717) is 12.0 Å². The van der Waals surface area contributed by atoms with Crippen molar-refractivity contribution >= 4 is 23.9 Å². The summed E-state index contributed by atoms with van der Waals surface area (Å²) in [6, 6.07) is 20.5. The molecule has 49 heavy (non-hydrogen) atoms. The number of alkyl carbamates (subject to hydrolysis) is 1. The van der Waals surface area contributed by atoms with Gasteiger partial charge in [0.05, 0.1) is 0 Å². The molecule has 0 aliphatic carbocycles. The van der Waals surface area contributed by atoms with E-state index < -0.39 is 59.2 Å². The first-order valence-corrected chi connectivity index (χ1v) is 16.7. The fraction of sp³-hybridized carbons (Fsp3) is 0.436. The second kappa shape index (κ2) is 17.0. The molecule has 0 aliphatic rings. The van der Waals surface area contributed by atoms with Crippen LogP contribution in [0.25, 0.3) is 0 Å². The molecule has 10 nitrogen and oxygen atoms in total. The topological polar surface area (TPSA) is 134 Å². The molecule has 0 bridgehead atoms. The van der Waals surface area contributed by atoms with Crippen molar-refractivity contribution in [3.8, 4) is 5.75 Å². The number of carbonyl (C=O) groups excluding carboxylic acids is 4. The van der Waals surface area contributed by atoms with Crippen LogP contribution >= 0.6 is 0 Å². The average Bonchev–Trinajstić information content (AvgIpc) is 3.01. The number of amides is 3. The van der Waals surface area contributed by atoms with Crippen LogP contribution in [0, 0.1) is 0 Å². The van der Waals surface area contributed by atoms with Gasteiger partial charge in [-0.15, -0.1) is 0 Å². The van der Waals surface area contributed by atoms with E-state index in [1.807, 2.05) is 74.5 Å². The van der Waals surface area contributed by atoms with E-state index in [2.05, 4.69) is 10.6 Å². The van der Waals surface area contributed by atoms with Gasteiger partial charge < -0.3 is 30.1 Å². The van der Waals surface area contributed by atoms with Gasteiger partial charge in [-0.1, -0.05) is 79.7 Å². The number of benzene rings is 3. The Morgan fingerprint density at radius 3 is 1.76 bits per heavy atom. The Morgan fingerprint density at radius 1 is 0.735 bits per heavy atom. The monoisotopic (exact) mass is 673 g/mol. The summed E-state index contributed by atoms with van der Waals surface area (Å²) in [7, 11) is 0. The minimum Gasteiger partial charge on any atom is -0.508 e. The summed E-state index contributed by atoms with van der Waals surface area (Å²) in [6.45, 7) is 14.1. The smallest absolute Gasteiger partial charge is 0.408 e. The van der Waals surface area contributed by atoms with Gasteiger partial charge in [0.2, 0.25) is 11.8 Å². The molecule has 0 aromatic heterocycles. The summed E-state index contributed by atoms with van der Waals surface area (Å²) in [6.07, 6.45) is -0.0627. The highest BCUT2D eigenvalue weighted by molar-refractivity contribution is 5.94. The predicted molar refractivity (Wildman–Crippen MR) is 189 cm³/mol. The molecule has 264 valence electrons. The number of phenols is 1. The van der Waals surface area contributed by atoms with E-state index in [1.54, 1.807) is 53.7 Å². The lowest BCUT2D eigenvalue weighted by molar-refractivity contribution is -0.159. The first-order valence-electron chi connectivity index (χ1n) is 16.7. The molecule has 0 aliphatic heterocycles. The van der Waals surface area contributed by atoms with Crippen molar-refractivity contribution in [3.63, 3.8) is 0 Å². The molecule has 3 rings (SSSR count). The third kappa shape index (κ3) is 12.3. The molecule has 0 fully saturated rings. The third-order valence-corrected chi connectivity index (χ3v) is 7.59. The second-order valence-corrected chi connectivity index (χ2v) is 14.2. The summed E-state index contributed by atoms with van der Waals surface area (Å²) in [5, 5.41) is 16.1. The van der Waals surface area contributed by atoms with Crippen LogP contribution in [0.2, 0.25) is 0 Å². The van der Waals surface area contributed by atoms with Gasteiger partial charge in [-0.3, -0.25) is 9.59 Å². The normalized spacial score (nSPS) is 14.0. The van der Waals surface area contributed by atoms with Crippen molar-refractivity contribution in [2.24, 2.45) is 0 Å². The maximum absolute atomic E-state index is 14.8. The summed E-state index contributed by atoms with van der Waals surface area (Å²) in [5.41, 5.74) is 0.266. The lowest BCUT2D eigenvalue weighted by atomic mass is 9.97. The van der Waals surface area contributed by atoms with Gasteiger partial charge in [0, 0.05) is 18.9 Å². The fourth-order valence-corrected chi connectivity index (χ4v) is 5.28. The lowest BCUT2D eigenvalue weighted by Gasteiger charge is -2.39. The highest BCUT2D eigenvalue weighted by atomic mass is 16.6. The molecule has 0 radical (unpaired) electrons. The Hall–Kier alpha value is -4.86. The molecular weight excluding hydrogens is 622 g/mol. The Bertz CT molecular complexity index is 1550. The number of carbonyl (C=O) groups is 4. The number of nitrogens with zero attached hydrogens (tertiary/aromatic N) is 1. The van der Waals surface area contributed by atoms with Gasteiger partial charge in [-0.05, 0) is 83.7 Å².